The summed E-state index contributed by atoms with van der Waals surface area (Å²) in [6, 6.07) is 15.7. The van der Waals surface area contributed by atoms with Gasteiger partial charge in [0.25, 0.3) is 0 Å². The molecule has 1 amide bonds. The molecule has 3 aromatic heterocycles. The van der Waals surface area contributed by atoms with Gasteiger partial charge in [0.15, 0.2) is 0 Å². The molecule has 0 atom stereocenters. The maximum Gasteiger partial charge on any atom is 0.240 e. The lowest BCUT2D eigenvalue weighted by molar-refractivity contribution is -0.121. The molecule has 0 spiro atoms. The van der Waals surface area contributed by atoms with E-state index in [9.17, 15) is 4.79 Å². The van der Waals surface area contributed by atoms with E-state index in [0.29, 0.717) is 11.6 Å². The van der Waals surface area contributed by atoms with Crippen LogP contribution in [-0.2, 0) is 17.9 Å². The van der Waals surface area contributed by atoms with Gasteiger partial charge in [-0.15, -0.1) is 11.3 Å². The monoisotopic (exact) mass is 381 g/mol. The highest BCUT2D eigenvalue weighted by Crippen LogP contribution is 2.32. The summed E-state index contributed by atoms with van der Waals surface area (Å²) < 4.78 is 2.04. The number of aromatic nitrogens is 2. The van der Waals surface area contributed by atoms with Crippen LogP contribution in [0, 0.1) is 0 Å². The quantitative estimate of drug-likeness (QED) is 0.543. The predicted octanol–water partition coefficient (Wildman–Crippen LogP) is 4.73. The Bertz CT molecular complexity index is 1040. The SMILES string of the molecule is O=C(Cn1c(-c2cccs2)cc2cc(Cl)ccc21)NCc1cccnc1. The summed E-state index contributed by atoms with van der Waals surface area (Å²) in [5.41, 5.74) is 2.99. The lowest BCUT2D eigenvalue weighted by Gasteiger charge is -2.11. The minimum atomic E-state index is -0.0425. The van der Waals surface area contributed by atoms with Crippen molar-refractivity contribution >= 4 is 39.7 Å². The number of amides is 1. The van der Waals surface area contributed by atoms with Crippen molar-refractivity contribution in [2.24, 2.45) is 0 Å². The van der Waals surface area contributed by atoms with Gasteiger partial charge >= 0.3 is 0 Å². The summed E-state index contributed by atoms with van der Waals surface area (Å²) in [5.74, 6) is -0.0425. The molecule has 1 aromatic carbocycles. The number of carbonyl (C=O) groups is 1. The molecule has 0 saturated heterocycles. The van der Waals surface area contributed by atoms with E-state index < -0.39 is 0 Å². The topological polar surface area (TPSA) is 46.9 Å². The molecule has 1 N–H and O–H groups in total. The Morgan fingerprint density at radius 2 is 2.12 bits per heavy atom. The van der Waals surface area contributed by atoms with Gasteiger partial charge in [-0.05, 0) is 47.3 Å². The molecule has 26 heavy (non-hydrogen) atoms. The molecule has 3 heterocycles. The van der Waals surface area contributed by atoms with Gasteiger partial charge in [-0.1, -0.05) is 23.7 Å². The second-order valence-electron chi connectivity index (χ2n) is 5.93. The normalized spacial score (nSPS) is 11.0. The van der Waals surface area contributed by atoms with Crippen LogP contribution < -0.4 is 5.32 Å². The first kappa shape index (κ1) is 16.8. The smallest absolute Gasteiger partial charge is 0.240 e. The Morgan fingerprint density at radius 1 is 1.19 bits per heavy atom. The van der Waals surface area contributed by atoms with Crippen molar-refractivity contribution < 1.29 is 4.79 Å². The standard InChI is InChI=1S/C20H16ClN3OS/c21-16-5-6-17-15(9-16)10-18(19-4-2-8-26-19)24(17)13-20(25)23-12-14-3-1-7-22-11-14/h1-11H,12-13H2,(H,23,25). The minimum absolute atomic E-state index is 0.0425. The number of hydrogen-bond acceptors (Lipinski definition) is 3. The maximum absolute atomic E-state index is 12.5. The van der Waals surface area contributed by atoms with E-state index in [1.54, 1.807) is 23.7 Å². The summed E-state index contributed by atoms with van der Waals surface area (Å²) in [6.45, 7) is 0.713. The zero-order chi connectivity index (χ0) is 17.9. The summed E-state index contributed by atoms with van der Waals surface area (Å²) in [5, 5.41) is 6.71. The van der Waals surface area contributed by atoms with E-state index in [0.717, 1.165) is 27.0 Å². The Morgan fingerprint density at radius 3 is 2.88 bits per heavy atom. The fourth-order valence-electron chi connectivity index (χ4n) is 2.94. The van der Waals surface area contributed by atoms with Crippen LogP contribution in [0.5, 0.6) is 0 Å². The zero-order valence-corrected chi connectivity index (χ0v) is 15.4. The Labute approximate surface area is 160 Å². The van der Waals surface area contributed by atoms with E-state index >= 15 is 0 Å². The van der Waals surface area contributed by atoms with Gasteiger partial charge in [0.2, 0.25) is 5.91 Å². The molecule has 4 aromatic rings. The molecular weight excluding hydrogens is 366 g/mol. The Kier molecular flexibility index (Phi) is 4.73. The number of nitrogens with one attached hydrogen (secondary N) is 1. The van der Waals surface area contributed by atoms with Gasteiger partial charge in [-0.3, -0.25) is 9.78 Å². The molecule has 0 aliphatic rings. The number of thiophene rings is 1. The number of benzene rings is 1. The van der Waals surface area contributed by atoms with E-state index in [2.05, 4.69) is 22.4 Å². The number of rotatable bonds is 5. The first-order valence-corrected chi connectivity index (χ1v) is 9.45. The van der Waals surface area contributed by atoms with Crippen molar-refractivity contribution in [3.63, 3.8) is 0 Å². The Hall–Kier alpha value is -2.63. The van der Waals surface area contributed by atoms with Crippen molar-refractivity contribution in [2.75, 3.05) is 0 Å². The van der Waals surface area contributed by atoms with Crippen LogP contribution in [0.4, 0.5) is 0 Å². The fraction of sp³-hybridized carbons (Fsp3) is 0.100. The molecule has 0 radical (unpaired) electrons. The second-order valence-corrected chi connectivity index (χ2v) is 7.32. The third-order valence-corrected chi connectivity index (χ3v) is 5.28. The molecule has 0 aliphatic heterocycles. The summed E-state index contributed by atoms with van der Waals surface area (Å²) in [7, 11) is 0. The highest BCUT2D eigenvalue weighted by atomic mass is 35.5. The van der Waals surface area contributed by atoms with E-state index in [-0.39, 0.29) is 12.5 Å². The third-order valence-electron chi connectivity index (χ3n) is 4.15. The number of nitrogens with zero attached hydrogens (tertiary/aromatic N) is 2. The van der Waals surface area contributed by atoms with Crippen molar-refractivity contribution in [2.45, 2.75) is 13.1 Å². The highest BCUT2D eigenvalue weighted by Gasteiger charge is 2.14. The first-order chi connectivity index (χ1) is 12.7. The first-order valence-electron chi connectivity index (χ1n) is 8.19. The molecule has 130 valence electrons. The maximum atomic E-state index is 12.5. The molecule has 0 bridgehead atoms. The number of carbonyl (C=O) groups excluding carboxylic acids is 1. The number of halogens is 1. The van der Waals surface area contributed by atoms with Crippen LogP contribution in [0.25, 0.3) is 21.5 Å². The van der Waals surface area contributed by atoms with Gasteiger partial charge < -0.3 is 9.88 Å². The zero-order valence-electron chi connectivity index (χ0n) is 13.9. The minimum Gasteiger partial charge on any atom is -0.350 e. The summed E-state index contributed by atoms with van der Waals surface area (Å²) in [6.07, 6.45) is 3.47. The van der Waals surface area contributed by atoms with Crippen molar-refractivity contribution in [3.8, 4) is 10.6 Å². The van der Waals surface area contributed by atoms with E-state index in [1.165, 1.54) is 0 Å². The number of pyridine rings is 1. The Balaban J connectivity index is 1.62. The molecule has 0 fully saturated rings. The molecule has 4 nitrogen and oxygen atoms in total. The molecule has 6 heteroatoms. The second kappa shape index (κ2) is 7.32. The van der Waals surface area contributed by atoms with Crippen LogP contribution in [0.15, 0.2) is 66.3 Å². The average Bonchev–Trinajstić information content (AvgIpc) is 3.29. The summed E-state index contributed by atoms with van der Waals surface area (Å²) in [4.78, 5) is 17.7. The predicted molar refractivity (Wildman–Crippen MR) is 106 cm³/mol. The molecule has 0 unspecified atom stereocenters. The molecule has 0 saturated carbocycles. The summed E-state index contributed by atoms with van der Waals surface area (Å²) >= 11 is 7.79. The van der Waals surface area contributed by atoms with Crippen LogP contribution in [0.1, 0.15) is 5.56 Å². The van der Waals surface area contributed by atoms with E-state index in [1.807, 2.05) is 46.3 Å². The van der Waals surface area contributed by atoms with E-state index in [4.69, 9.17) is 11.6 Å². The molecule has 4 rings (SSSR count). The van der Waals surface area contributed by atoms with Gasteiger partial charge in [0, 0.05) is 34.9 Å². The number of fused-ring (bicyclic) bond motifs is 1. The van der Waals surface area contributed by atoms with Gasteiger partial charge in [0.1, 0.15) is 6.54 Å². The average molecular weight is 382 g/mol. The van der Waals surface area contributed by atoms with Gasteiger partial charge in [0.05, 0.1) is 10.6 Å². The largest absolute Gasteiger partial charge is 0.350 e. The van der Waals surface area contributed by atoms with Gasteiger partial charge in [-0.2, -0.15) is 0 Å². The lowest BCUT2D eigenvalue weighted by atomic mass is 10.2. The highest BCUT2D eigenvalue weighted by molar-refractivity contribution is 7.13. The van der Waals surface area contributed by atoms with Crippen molar-refractivity contribution in [1.82, 2.24) is 14.9 Å². The molecule has 0 aliphatic carbocycles. The van der Waals surface area contributed by atoms with Crippen molar-refractivity contribution in [3.05, 3.63) is 76.9 Å². The third kappa shape index (κ3) is 3.49. The number of hydrogen-bond donors (Lipinski definition) is 1. The molecular formula is C20H16ClN3OS. The van der Waals surface area contributed by atoms with Crippen LogP contribution in [-0.4, -0.2) is 15.5 Å². The lowest BCUT2D eigenvalue weighted by Crippen LogP contribution is -2.27. The van der Waals surface area contributed by atoms with Crippen LogP contribution in [0.3, 0.4) is 0 Å². The van der Waals surface area contributed by atoms with Gasteiger partial charge in [-0.25, -0.2) is 0 Å². The van der Waals surface area contributed by atoms with Crippen molar-refractivity contribution in [1.29, 1.82) is 0 Å². The fourth-order valence-corrected chi connectivity index (χ4v) is 3.87. The van der Waals surface area contributed by atoms with Crippen LogP contribution >= 0.6 is 22.9 Å². The van der Waals surface area contributed by atoms with Crippen LogP contribution in [0.2, 0.25) is 5.02 Å².